The van der Waals surface area contributed by atoms with Crippen LogP contribution in [-0.2, 0) is 10.0 Å². The van der Waals surface area contributed by atoms with Gasteiger partial charge in [0.25, 0.3) is 5.91 Å². The lowest BCUT2D eigenvalue weighted by molar-refractivity contribution is 0.0946. The van der Waals surface area contributed by atoms with Gasteiger partial charge in [-0.05, 0) is 49.1 Å². The number of amides is 1. The third kappa shape index (κ3) is 4.95. The monoisotopic (exact) mass is 480 g/mol. The molecule has 1 fully saturated rings. The van der Waals surface area contributed by atoms with E-state index in [1.54, 1.807) is 18.2 Å². The van der Waals surface area contributed by atoms with Crippen LogP contribution >= 0.6 is 11.6 Å². The van der Waals surface area contributed by atoms with E-state index in [1.165, 1.54) is 22.5 Å². The van der Waals surface area contributed by atoms with E-state index in [9.17, 15) is 13.2 Å². The number of ether oxygens (including phenoxy) is 3. The Morgan fingerprint density at radius 2 is 2.03 bits per heavy atom. The van der Waals surface area contributed by atoms with Crippen LogP contribution in [0, 0.1) is 5.92 Å². The predicted molar refractivity (Wildman–Crippen MR) is 119 cm³/mol. The molecule has 0 spiro atoms. The van der Waals surface area contributed by atoms with E-state index in [0.717, 1.165) is 12.8 Å². The molecule has 2 aromatic carbocycles. The van der Waals surface area contributed by atoms with Gasteiger partial charge in [-0.15, -0.1) is 0 Å². The summed E-state index contributed by atoms with van der Waals surface area (Å²) in [5.74, 6) is 1.76. The highest BCUT2D eigenvalue weighted by Gasteiger charge is 2.31. The molecule has 10 heteroatoms. The Balaban J connectivity index is 1.36. The average molecular weight is 481 g/mol. The molecule has 4 rings (SSSR count). The van der Waals surface area contributed by atoms with E-state index < -0.39 is 15.9 Å². The van der Waals surface area contributed by atoms with Crippen molar-refractivity contribution in [1.29, 1.82) is 0 Å². The first-order valence-corrected chi connectivity index (χ1v) is 12.3. The molecule has 2 aliphatic rings. The lowest BCUT2D eigenvalue weighted by Gasteiger charge is -2.30. The molecular weight excluding hydrogens is 456 g/mol. The van der Waals surface area contributed by atoms with Crippen molar-refractivity contribution in [2.75, 3.05) is 33.0 Å². The average Bonchev–Trinajstić information content (AvgIpc) is 3.24. The second-order valence-corrected chi connectivity index (χ2v) is 10.2. The zero-order chi connectivity index (χ0) is 22.7. The van der Waals surface area contributed by atoms with Crippen LogP contribution < -0.4 is 19.5 Å². The minimum absolute atomic E-state index is 0.0440. The number of hydrogen-bond acceptors (Lipinski definition) is 6. The van der Waals surface area contributed by atoms with Crippen LogP contribution in [0.1, 0.15) is 30.1 Å². The molecule has 1 unspecified atom stereocenters. The second kappa shape index (κ2) is 9.56. The first-order valence-electron chi connectivity index (χ1n) is 10.4. The van der Waals surface area contributed by atoms with Crippen molar-refractivity contribution in [1.82, 2.24) is 9.62 Å². The van der Waals surface area contributed by atoms with Crippen molar-refractivity contribution in [2.24, 2.45) is 5.92 Å². The van der Waals surface area contributed by atoms with Crippen LogP contribution in [0.3, 0.4) is 0 Å². The van der Waals surface area contributed by atoms with Gasteiger partial charge >= 0.3 is 0 Å². The van der Waals surface area contributed by atoms with Gasteiger partial charge in [0.05, 0.1) is 11.6 Å². The number of sulfonamides is 1. The third-order valence-corrected chi connectivity index (χ3v) is 7.78. The van der Waals surface area contributed by atoms with E-state index in [-0.39, 0.29) is 41.3 Å². The van der Waals surface area contributed by atoms with Crippen LogP contribution in [0.15, 0.2) is 41.3 Å². The fourth-order valence-corrected chi connectivity index (χ4v) is 5.85. The predicted octanol–water partition coefficient (Wildman–Crippen LogP) is 3.30. The highest BCUT2D eigenvalue weighted by molar-refractivity contribution is 7.89. The number of hydrogen-bond donors (Lipinski definition) is 1. The van der Waals surface area contributed by atoms with Crippen molar-refractivity contribution in [2.45, 2.75) is 24.7 Å². The van der Waals surface area contributed by atoms with E-state index in [2.05, 4.69) is 5.32 Å². The number of carbonyl (C=O) groups is 1. The van der Waals surface area contributed by atoms with E-state index in [0.29, 0.717) is 30.3 Å². The molecule has 8 nitrogen and oxygen atoms in total. The molecule has 0 aliphatic carbocycles. The fourth-order valence-electron chi connectivity index (χ4n) is 3.75. The molecule has 0 aromatic heterocycles. The van der Waals surface area contributed by atoms with Gasteiger partial charge in [-0.25, -0.2) is 8.42 Å². The Labute approximate surface area is 192 Å². The van der Waals surface area contributed by atoms with Crippen molar-refractivity contribution < 1.29 is 27.4 Å². The molecule has 0 bridgehead atoms. The summed E-state index contributed by atoms with van der Waals surface area (Å²) in [4.78, 5) is 12.5. The summed E-state index contributed by atoms with van der Waals surface area (Å²) in [6, 6.07) is 9.53. The highest BCUT2D eigenvalue weighted by atomic mass is 35.5. The van der Waals surface area contributed by atoms with Gasteiger partial charge in [-0.3, -0.25) is 4.79 Å². The van der Waals surface area contributed by atoms with E-state index in [4.69, 9.17) is 25.8 Å². The summed E-state index contributed by atoms with van der Waals surface area (Å²) < 4.78 is 43.8. The van der Waals surface area contributed by atoms with Crippen LogP contribution in [0.25, 0.3) is 0 Å². The minimum atomic E-state index is -3.77. The highest BCUT2D eigenvalue weighted by Crippen LogP contribution is 2.35. The first kappa shape index (κ1) is 22.7. The van der Waals surface area contributed by atoms with Crippen molar-refractivity contribution in [3.63, 3.8) is 0 Å². The number of nitrogens with zero attached hydrogens (tertiary/aromatic N) is 1. The maximum absolute atomic E-state index is 13.1. The molecule has 0 saturated carbocycles. The van der Waals surface area contributed by atoms with E-state index in [1.807, 2.05) is 6.92 Å². The molecule has 172 valence electrons. The molecule has 1 saturated heterocycles. The zero-order valence-electron chi connectivity index (χ0n) is 17.7. The number of halogens is 1. The lowest BCUT2D eigenvalue weighted by Crippen LogP contribution is -2.39. The number of nitrogens with one attached hydrogen (secondary N) is 1. The van der Waals surface area contributed by atoms with Gasteiger partial charge < -0.3 is 19.5 Å². The molecule has 2 aromatic rings. The Hall–Kier alpha value is -2.49. The SMILES string of the molecule is CC1CCCN(S(=O)(=O)c2cc(C(=O)NCCOc3ccc4c(c3)OCO4)ccc2Cl)C1. The van der Waals surface area contributed by atoms with Crippen molar-refractivity contribution in [3.8, 4) is 17.2 Å². The molecule has 2 aliphatic heterocycles. The number of fused-ring (bicyclic) bond motifs is 1. The molecule has 0 radical (unpaired) electrons. The third-order valence-electron chi connectivity index (χ3n) is 5.43. The summed E-state index contributed by atoms with van der Waals surface area (Å²) in [5.41, 5.74) is 0.223. The largest absolute Gasteiger partial charge is 0.492 e. The maximum atomic E-state index is 13.1. The normalized spacial score (nSPS) is 18.4. The summed E-state index contributed by atoms with van der Waals surface area (Å²) in [6.07, 6.45) is 1.80. The fraction of sp³-hybridized carbons (Fsp3) is 0.409. The topological polar surface area (TPSA) is 94.2 Å². The molecule has 1 N–H and O–H groups in total. The summed E-state index contributed by atoms with van der Waals surface area (Å²) in [6.45, 7) is 3.59. The molecule has 32 heavy (non-hydrogen) atoms. The molecule has 1 atom stereocenters. The summed E-state index contributed by atoms with van der Waals surface area (Å²) in [7, 11) is -3.77. The second-order valence-electron chi connectivity index (χ2n) is 7.88. The standard InChI is InChI=1S/C22H25ClN2O6S/c1-15-3-2-9-25(13-15)32(27,28)21-11-16(4-6-18(21)23)22(26)24-8-10-29-17-5-7-19-20(12-17)31-14-30-19/h4-7,11-12,15H,2-3,8-10,13-14H2,1H3,(H,24,26). The Kier molecular flexibility index (Phi) is 6.78. The van der Waals surface area contributed by atoms with Crippen LogP contribution in [-0.4, -0.2) is 51.7 Å². The van der Waals surface area contributed by atoms with Crippen molar-refractivity contribution in [3.05, 3.63) is 47.0 Å². The maximum Gasteiger partial charge on any atom is 0.251 e. The van der Waals surface area contributed by atoms with Crippen molar-refractivity contribution >= 4 is 27.5 Å². The van der Waals surface area contributed by atoms with Gasteiger partial charge in [-0.1, -0.05) is 18.5 Å². The van der Waals surface area contributed by atoms with Gasteiger partial charge in [0.1, 0.15) is 17.3 Å². The number of benzene rings is 2. The Morgan fingerprint density at radius 3 is 2.84 bits per heavy atom. The zero-order valence-corrected chi connectivity index (χ0v) is 19.2. The van der Waals surface area contributed by atoms with E-state index >= 15 is 0 Å². The quantitative estimate of drug-likeness (QED) is 0.611. The molecular formula is C22H25ClN2O6S. The van der Waals surface area contributed by atoms with Gasteiger partial charge in [0, 0.05) is 24.7 Å². The van der Waals surface area contributed by atoms with Gasteiger partial charge in [0.15, 0.2) is 11.5 Å². The minimum Gasteiger partial charge on any atom is -0.492 e. The van der Waals surface area contributed by atoms with Crippen LogP contribution in [0.4, 0.5) is 0 Å². The van der Waals surface area contributed by atoms with Gasteiger partial charge in [-0.2, -0.15) is 4.31 Å². The Morgan fingerprint density at radius 1 is 1.22 bits per heavy atom. The van der Waals surface area contributed by atoms with Crippen LogP contribution in [0.5, 0.6) is 17.2 Å². The smallest absolute Gasteiger partial charge is 0.251 e. The summed E-state index contributed by atoms with van der Waals surface area (Å²) >= 11 is 6.20. The first-order chi connectivity index (χ1) is 15.3. The Bertz CT molecular complexity index is 1110. The summed E-state index contributed by atoms with van der Waals surface area (Å²) in [5, 5.41) is 2.84. The molecule has 1 amide bonds. The van der Waals surface area contributed by atoms with Gasteiger partial charge in [0.2, 0.25) is 16.8 Å². The van der Waals surface area contributed by atoms with Crippen LogP contribution in [0.2, 0.25) is 5.02 Å². The molecule has 2 heterocycles. The lowest BCUT2D eigenvalue weighted by atomic mass is 10.0. The number of carbonyl (C=O) groups excluding carboxylic acids is 1. The number of rotatable bonds is 7. The number of piperidine rings is 1.